The Morgan fingerprint density at radius 3 is 2.74 bits per heavy atom. The topological polar surface area (TPSA) is 66.8 Å². The molecular formula is C13H16INO4. The van der Waals surface area contributed by atoms with E-state index < -0.39 is 0 Å². The summed E-state index contributed by atoms with van der Waals surface area (Å²) in [6.07, 6.45) is 0.798. The van der Waals surface area contributed by atoms with Gasteiger partial charge in [0.05, 0.1) is 12.7 Å². The highest BCUT2D eigenvalue weighted by molar-refractivity contribution is 14.1. The van der Waals surface area contributed by atoms with Crippen LogP contribution in [0.4, 0.5) is 0 Å². The lowest BCUT2D eigenvalue weighted by atomic mass is 10.1. The number of hydrogen-bond donors (Lipinski definition) is 1. The summed E-state index contributed by atoms with van der Waals surface area (Å²) < 4.78 is 5.41. The molecule has 0 saturated carbocycles. The number of phenolic OH excluding ortho intramolecular Hbond substituents is 1. The molecule has 0 fully saturated rings. The average Bonchev–Trinajstić information content (AvgIpc) is 2.40. The summed E-state index contributed by atoms with van der Waals surface area (Å²) in [5, 5.41) is 9.68. The molecular weight excluding hydrogens is 361 g/mol. The second-order valence-corrected chi connectivity index (χ2v) is 5.31. The second-order valence-electron chi connectivity index (χ2n) is 4.07. The molecule has 1 aromatic carbocycles. The number of benzene rings is 1. The molecule has 0 unspecified atom stereocenters. The van der Waals surface area contributed by atoms with Crippen LogP contribution >= 0.6 is 22.6 Å². The summed E-state index contributed by atoms with van der Waals surface area (Å²) in [6.45, 7) is 0.429. The summed E-state index contributed by atoms with van der Waals surface area (Å²) in [7, 11) is 2.97. The van der Waals surface area contributed by atoms with Crippen molar-refractivity contribution < 1.29 is 19.4 Å². The first-order valence-corrected chi connectivity index (χ1v) is 6.84. The molecule has 0 bridgehead atoms. The average molecular weight is 377 g/mol. The first-order valence-electron chi connectivity index (χ1n) is 5.76. The maximum Gasteiger partial charge on any atom is 0.305 e. The molecule has 0 heterocycles. The number of methoxy groups -OCH3 is 1. The number of phenols is 1. The fraction of sp³-hybridized carbons (Fsp3) is 0.385. The van der Waals surface area contributed by atoms with Gasteiger partial charge in [0.2, 0.25) is 0 Å². The van der Waals surface area contributed by atoms with Crippen LogP contribution in [0.2, 0.25) is 0 Å². The van der Waals surface area contributed by atoms with Crippen molar-refractivity contribution in [2.45, 2.75) is 12.8 Å². The molecule has 104 valence electrons. The van der Waals surface area contributed by atoms with Gasteiger partial charge in [0, 0.05) is 23.6 Å². The van der Waals surface area contributed by atoms with E-state index in [0.717, 1.165) is 3.57 Å². The second kappa shape index (κ2) is 7.32. The lowest BCUT2D eigenvalue weighted by Gasteiger charge is -2.17. The van der Waals surface area contributed by atoms with E-state index in [-0.39, 0.29) is 29.6 Å². The number of hydrogen-bond acceptors (Lipinski definition) is 4. The third-order valence-electron chi connectivity index (χ3n) is 2.64. The third-order valence-corrected chi connectivity index (χ3v) is 3.31. The largest absolute Gasteiger partial charge is 0.507 e. The molecule has 1 amide bonds. The first kappa shape index (κ1) is 15.7. The molecule has 1 aromatic rings. The summed E-state index contributed by atoms with van der Waals surface area (Å²) >= 11 is 2.08. The van der Waals surface area contributed by atoms with Crippen molar-refractivity contribution in [1.29, 1.82) is 0 Å². The first-order chi connectivity index (χ1) is 8.95. The standard InChI is InChI=1S/C13H16INO4/c1-15(7-3-4-12(17)19-2)13(18)10-8-9(14)5-6-11(10)16/h5-6,8,16H,3-4,7H2,1-2H3. The molecule has 19 heavy (non-hydrogen) atoms. The number of nitrogens with zero attached hydrogens (tertiary/aromatic N) is 1. The molecule has 0 aliphatic rings. The molecule has 1 N–H and O–H groups in total. The Balaban J connectivity index is 2.61. The van der Waals surface area contributed by atoms with Gasteiger partial charge in [0.1, 0.15) is 5.75 Å². The van der Waals surface area contributed by atoms with Gasteiger partial charge in [-0.3, -0.25) is 9.59 Å². The van der Waals surface area contributed by atoms with Crippen LogP contribution in [0, 0.1) is 3.57 Å². The number of aromatic hydroxyl groups is 1. The predicted molar refractivity (Wildman–Crippen MR) is 79.0 cm³/mol. The van der Waals surface area contributed by atoms with Gasteiger partial charge in [-0.05, 0) is 47.2 Å². The Hall–Kier alpha value is -1.31. The smallest absolute Gasteiger partial charge is 0.305 e. The van der Waals surface area contributed by atoms with Crippen molar-refractivity contribution in [2.24, 2.45) is 0 Å². The number of halogens is 1. The number of amides is 1. The van der Waals surface area contributed by atoms with Crippen LogP contribution in [-0.4, -0.2) is 42.6 Å². The predicted octanol–water partition coefficient (Wildman–Crippen LogP) is 2.02. The molecule has 0 aromatic heterocycles. The highest BCUT2D eigenvalue weighted by Gasteiger charge is 2.16. The SMILES string of the molecule is COC(=O)CCCN(C)C(=O)c1cc(I)ccc1O. The number of esters is 1. The van der Waals surface area contributed by atoms with E-state index in [1.54, 1.807) is 19.2 Å². The van der Waals surface area contributed by atoms with Crippen molar-refractivity contribution in [3.05, 3.63) is 27.3 Å². The fourth-order valence-corrected chi connectivity index (χ4v) is 2.04. The fourth-order valence-electron chi connectivity index (χ4n) is 1.55. The lowest BCUT2D eigenvalue weighted by Crippen LogP contribution is -2.28. The molecule has 0 spiro atoms. The molecule has 0 atom stereocenters. The van der Waals surface area contributed by atoms with Crippen molar-refractivity contribution in [3.63, 3.8) is 0 Å². The van der Waals surface area contributed by atoms with Gasteiger partial charge < -0.3 is 14.7 Å². The summed E-state index contributed by atoms with van der Waals surface area (Å²) in [6, 6.07) is 4.86. The van der Waals surface area contributed by atoms with Crippen molar-refractivity contribution in [3.8, 4) is 5.75 Å². The molecule has 0 radical (unpaired) electrons. The van der Waals surface area contributed by atoms with Gasteiger partial charge in [-0.1, -0.05) is 0 Å². The molecule has 0 saturated heterocycles. The van der Waals surface area contributed by atoms with Crippen LogP contribution in [0.1, 0.15) is 23.2 Å². The third kappa shape index (κ3) is 4.70. The zero-order valence-corrected chi connectivity index (χ0v) is 13.0. The maximum absolute atomic E-state index is 12.1. The Labute approximate surface area is 125 Å². The van der Waals surface area contributed by atoms with E-state index in [2.05, 4.69) is 27.3 Å². The summed E-state index contributed by atoms with van der Waals surface area (Å²) in [4.78, 5) is 24.6. The van der Waals surface area contributed by atoms with Gasteiger partial charge in [-0.25, -0.2) is 0 Å². The van der Waals surface area contributed by atoms with Crippen molar-refractivity contribution >= 4 is 34.5 Å². The molecule has 6 heteroatoms. The van der Waals surface area contributed by atoms with E-state index in [9.17, 15) is 14.7 Å². The van der Waals surface area contributed by atoms with E-state index in [4.69, 9.17) is 0 Å². The Bertz CT molecular complexity index is 476. The number of ether oxygens (including phenoxy) is 1. The highest BCUT2D eigenvalue weighted by Crippen LogP contribution is 2.21. The molecule has 1 rings (SSSR count). The Morgan fingerprint density at radius 2 is 2.11 bits per heavy atom. The van der Waals surface area contributed by atoms with Crippen LogP contribution in [0.5, 0.6) is 5.75 Å². The summed E-state index contributed by atoms with van der Waals surface area (Å²) in [5.41, 5.74) is 0.271. The van der Waals surface area contributed by atoms with Crippen LogP contribution < -0.4 is 0 Å². The van der Waals surface area contributed by atoms with Crippen LogP contribution in [0.15, 0.2) is 18.2 Å². The van der Waals surface area contributed by atoms with Crippen LogP contribution in [0.3, 0.4) is 0 Å². The number of rotatable bonds is 5. The molecule has 5 nitrogen and oxygen atoms in total. The minimum atomic E-state index is -0.294. The Morgan fingerprint density at radius 1 is 1.42 bits per heavy atom. The lowest BCUT2D eigenvalue weighted by molar-refractivity contribution is -0.140. The van der Waals surface area contributed by atoms with E-state index in [0.29, 0.717) is 13.0 Å². The van der Waals surface area contributed by atoms with Gasteiger partial charge >= 0.3 is 5.97 Å². The van der Waals surface area contributed by atoms with Crippen LogP contribution in [-0.2, 0) is 9.53 Å². The number of carbonyl (C=O) groups is 2. The van der Waals surface area contributed by atoms with Gasteiger partial charge in [-0.2, -0.15) is 0 Å². The maximum atomic E-state index is 12.1. The van der Waals surface area contributed by atoms with Gasteiger partial charge in [0.15, 0.2) is 0 Å². The van der Waals surface area contributed by atoms with E-state index in [1.165, 1.54) is 18.1 Å². The molecule has 0 aliphatic carbocycles. The summed E-state index contributed by atoms with van der Waals surface area (Å²) in [5.74, 6) is -0.593. The minimum absolute atomic E-state index is 0.0368. The van der Waals surface area contributed by atoms with Gasteiger partial charge in [-0.15, -0.1) is 0 Å². The minimum Gasteiger partial charge on any atom is -0.507 e. The monoisotopic (exact) mass is 377 g/mol. The normalized spacial score (nSPS) is 10.1. The zero-order valence-electron chi connectivity index (χ0n) is 10.9. The highest BCUT2D eigenvalue weighted by atomic mass is 127. The van der Waals surface area contributed by atoms with Crippen LogP contribution in [0.25, 0.3) is 0 Å². The van der Waals surface area contributed by atoms with E-state index in [1.807, 2.05) is 0 Å². The van der Waals surface area contributed by atoms with Gasteiger partial charge in [0.25, 0.3) is 5.91 Å². The zero-order chi connectivity index (χ0) is 14.4. The quantitative estimate of drug-likeness (QED) is 0.630. The van der Waals surface area contributed by atoms with E-state index >= 15 is 0 Å². The van der Waals surface area contributed by atoms with Crippen molar-refractivity contribution in [1.82, 2.24) is 4.90 Å². The molecule has 0 aliphatic heterocycles. The Kier molecular flexibility index (Phi) is 6.07. The number of carbonyl (C=O) groups excluding carboxylic acids is 2. The van der Waals surface area contributed by atoms with Crippen molar-refractivity contribution in [2.75, 3.05) is 20.7 Å².